The van der Waals surface area contributed by atoms with Gasteiger partial charge >= 0.3 is 0 Å². The summed E-state index contributed by atoms with van der Waals surface area (Å²) >= 11 is 1.62. The highest BCUT2D eigenvalue weighted by Gasteiger charge is 2.32. The Morgan fingerprint density at radius 1 is 1.30 bits per heavy atom. The molecule has 0 saturated carbocycles. The van der Waals surface area contributed by atoms with E-state index in [4.69, 9.17) is 0 Å². The number of thiophene rings is 1. The Morgan fingerprint density at radius 2 is 2.00 bits per heavy atom. The monoisotopic (exact) mass is 425 g/mol. The summed E-state index contributed by atoms with van der Waals surface area (Å²) in [6.45, 7) is 8.51. The number of rotatable bonds is 3. The Labute approximate surface area is 179 Å². The summed E-state index contributed by atoms with van der Waals surface area (Å²) in [5, 5.41) is 12.8. The van der Waals surface area contributed by atoms with E-state index in [0.717, 1.165) is 29.7 Å². The first kappa shape index (κ1) is 20.6. The van der Waals surface area contributed by atoms with E-state index in [9.17, 15) is 14.7 Å². The zero-order valence-electron chi connectivity index (χ0n) is 17.7. The smallest absolute Gasteiger partial charge is 0.263 e. The molecule has 0 saturated heterocycles. The molecule has 2 heterocycles. The van der Waals surface area contributed by atoms with Crippen molar-refractivity contribution in [2.24, 2.45) is 11.3 Å². The van der Waals surface area contributed by atoms with Crippen molar-refractivity contribution >= 4 is 33.1 Å². The van der Waals surface area contributed by atoms with Gasteiger partial charge in [-0.2, -0.15) is 0 Å². The van der Waals surface area contributed by atoms with Gasteiger partial charge in [-0.25, -0.2) is 4.98 Å². The number of anilines is 1. The number of phenols is 1. The minimum atomic E-state index is -0.704. The van der Waals surface area contributed by atoms with E-state index in [1.165, 1.54) is 27.9 Å². The van der Waals surface area contributed by atoms with E-state index in [1.54, 1.807) is 30.4 Å². The maximum absolute atomic E-state index is 13.3. The average molecular weight is 426 g/mol. The number of aryl methyl sites for hydroxylation is 1. The molecule has 2 N–H and O–H groups in total. The summed E-state index contributed by atoms with van der Waals surface area (Å²) in [5.41, 5.74) is 1.77. The molecule has 30 heavy (non-hydrogen) atoms. The van der Waals surface area contributed by atoms with Crippen LogP contribution in [0.15, 0.2) is 35.4 Å². The van der Waals surface area contributed by atoms with Gasteiger partial charge < -0.3 is 10.4 Å². The molecule has 1 aliphatic carbocycles. The van der Waals surface area contributed by atoms with Crippen LogP contribution in [0.3, 0.4) is 0 Å². The summed E-state index contributed by atoms with van der Waals surface area (Å²) in [7, 11) is 0. The van der Waals surface area contributed by atoms with E-state index in [1.807, 2.05) is 0 Å². The number of phenolic OH excluding ortho intramolecular Hbond substituents is 1. The molecule has 0 radical (unpaired) electrons. The van der Waals surface area contributed by atoms with Crippen LogP contribution in [0, 0.1) is 11.3 Å². The number of aromatic nitrogens is 2. The topological polar surface area (TPSA) is 84.2 Å². The fraction of sp³-hybridized carbons (Fsp3) is 0.435. The van der Waals surface area contributed by atoms with Gasteiger partial charge in [0.2, 0.25) is 5.91 Å². The molecule has 2 atom stereocenters. The van der Waals surface area contributed by atoms with Gasteiger partial charge in [0.05, 0.1) is 11.7 Å². The predicted molar refractivity (Wildman–Crippen MR) is 120 cm³/mol. The fourth-order valence-corrected chi connectivity index (χ4v) is 5.37. The van der Waals surface area contributed by atoms with Crippen LogP contribution in [0.4, 0.5) is 5.69 Å². The highest BCUT2D eigenvalue weighted by atomic mass is 32.1. The summed E-state index contributed by atoms with van der Waals surface area (Å²) < 4.78 is 1.42. The van der Waals surface area contributed by atoms with Crippen LogP contribution in [0.5, 0.6) is 5.75 Å². The lowest BCUT2D eigenvalue weighted by Gasteiger charge is -2.33. The van der Waals surface area contributed by atoms with Crippen LogP contribution in [0.2, 0.25) is 0 Å². The molecule has 0 bridgehead atoms. The average Bonchev–Trinajstić information content (AvgIpc) is 3.07. The molecule has 4 rings (SSSR count). The Bertz CT molecular complexity index is 1160. The molecule has 6 nitrogen and oxygen atoms in total. The van der Waals surface area contributed by atoms with Crippen LogP contribution in [-0.4, -0.2) is 20.6 Å². The van der Waals surface area contributed by atoms with Crippen molar-refractivity contribution in [1.82, 2.24) is 9.55 Å². The number of aromatic hydroxyl groups is 1. The van der Waals surface area contributed by atoms with Gasteiger partial charge in [-0.15, -0.1) is 11.3 Å². The molecule has 158 valence electrons. The third kappa shape index (κ3) is 3.74. The molecule has 1 aromatic carbocycles. The minimum absolute atomic E-state index is 0.128. The highest BCUT2D eigenvalue weighted by molar-refractivity contribution is 7.18. The van der Waals surface area contributed by atoms with Crippen LogP contribution in [0.25, 0.3) is 10.2 Å². The lowest BCUT2D eigenvalue weighted by Crippen LogP contribution is -2.32. The third-order valence-electron chi connectivity index (χ3n) is 6.15. The van der Waals surface area contributed by atoms with Gasteiger partial charge in [-0.3, -0.25) is 14.2 Å². The second-order valence-electron chi connectivity index (χ2n) is 9.16. The van der Waals surface area contributed by atoms with Gasteiger partial charge in [0.1, 0.15) is 16.6 Å². The molecule has 7 heteroatoms. The van der Waals surface area contributed by atoms with Gasteiger partial charge in [0.15, 0.2) is 0 Å². The van der Waals surface area contributed by atoms with Crippen LogP contribution in [0.1, 0.15) is 50.6 Å². The van der Waals surface area contributed by atoms with E-state index < -0.39 is 6.04 Å². The summed E-state index contributed by atoms with van der Waals surface area (Å²) in [4.78, 5) is 32.6. The van der Waals surface area contributed by atoms with E-state index in [0.29, 0.717) is 17.0 Å². The molecule has 2 aromatic heterocycles. The maximum Gasteiger partial charge on any atom is 0.263 e. The van der Waals surface area contributed by atoms with E-state index in [2.05, 4.69) is 31.1 Å². The van der Waals surface area contributed by atoms with Crippen LogP contribution >= 0.6 is 11.3 Å². The quantitative estimate of drug-likeness (QED) is 0.605. The number of amides is 1. The molecule has 3 aromatic rings. The summed E-state index contributed by atoms with van der Waals surface area (Å²) in [5.74, 6) is 0.416. The van der Waals surface area contributed by atoms with E-state index >= 15 is 0 Å². The first-order valence-corrected chi connectivity index (χ1v) is 11.1. The van der Waals surface area contributed by atoms with Gasteiger partial charge in [-0.1, -0.05) is 20.8 Å². The first-order chi connectivity index (χ1) is 14.1. The standard InChI is InChI=1S/C23H27N3O3S/c1-13(20(28)25-15-6-8-16(27)9-7-15)26-12-24-21-19(22(26)29)17-10-5-14(23(2,3)4)11-18(17)30-21/h6-9,12-14,27H,5,10-11H2,1-4H3,(H,25,28). The number of carbonyl (C=O) groups excluding carboxylic acids is 1. The largest absolute Gasteiger partial charge is 0.508 e. The first-order valence-electron chi connectivity index (χ1n) is 10.3. The molecule has 0 fully saturated rings. The Kier molecular flexibility index (Phi) is 5.18. The zero-order valence-corrected chi connectivity index (χ0v) is 18.5. The lowest BCUT2D eigenvalue weighted by atomic mass is 9.72. The number of carbonyl (C=O) groups is 1. The predicted octanol–water partition coefficient (Wildman–Crippen LogP) is 4.51. The van der Waals surface area contributed by atoms with Gasteiger partial charge in [0, 0.05) is 10.6 Å². The van der Waals surface area contributed by atoms with Crippen molar-refractivity contribution in [2.45, 2.75) is 53.0 Å². The lowest BCUT2D eigenvalue weighted by molar-refractivity contribution is -0.118. The Balaban J connectivity index is 1.64. The molecular formula is C23H27N3O3S. The summed E-state index contributed by atoms with van der Waals surface area (Å²) in [6.07, 6.45) is 4.41. The number of hydrogen-bond acceptors (Lipinski definition) is 5. The van der Waals surface area contributed by atoms with Crippen LogP contribution in [-0.2, 0) is 17.6 Å². The minimum Gasteiger partial charge on any atom is -0.508 e. The van der Waals surface area contributed by atoms with Crippen LogP contribution < -0.4 is 10.9 Å². The van der Waals surface area contributed by atoms with E-state index in [-0.39, 0.29) is 22.6 Å². The number of benzene rings is 1. The SMILES string of the molecule is CC(C(=O)Nc1ccc(O)cc1)n1cnc2sc3c(c2c1=O)CCC(C(C)(C)C)C3. The van der Waals surface area contributed by atoms with Crippen molar-refractivity contribution in [3.05, 3.63) is 51.4 Å². The molecule has 0 spiro atoms. The molecular weight excluding hydrogens is 398 g/mol. The second-order valence-corrected chi connectivity index (χ2v) is 10.2. The Morgan fingerprint density at radius 3 is 2.67 bits per heavy atom. The normalized spacial score (nSPS) is 17.5. The number of nitrogens with one attached hydrogen (secondary N) is 1. The van der Waals surface area contributed by atoms with Gasteiger partial charge in [-0.05, 0) is 67.3 Å². The van der Waals surface area contributed by atoms with Crippen molar-refractivity contribution in [3.8, 4) is 5.75 Å². The number of nitrogens with zero attached hydrogens (tertiary/aromatic N) is 2. The summed E-state index contributed by atoms with van der Waals surface area (Å²) in [6, 6.07) is 5.53. The molecule has 2 unspecified atom stereocenters. The molecule has 1 aliphatic rings. The number of fused-ring (bicyclic) bond motifs is 3. The van der Waals surface area contributed by atoms with Crippen molar-refractivity contribution in [1.29, 1.82) is 0 Å². The second kappa shape index (κ2) is 7.54. The van der Waals surface area contributed by atoms with Crippen molar-refractivity contribution in [2.75, 3.05) is 5.32 Å². The Hall–Kier alpha value is -2.67. The van der Waals surface area contributed by atoms with Crippen molar-refractivity contribution < 1.29 is 9.90 Å². The molecule has 1 amide bonds. The molecule has 0 aliphatic heterocycles. The maximum atomic E-state index is 13.3. The third-order valence-corrected chi connectivity index (χ3v) is 7.31. The number of hydrogen-bond donors (Lipinski definition) is 2. The fourth-order valence-electron chi connectivity index (χ4n) is 4.11. The van der Waals surface area contributed by atoms with Crippen molar-refractivity contribution in [3.63, 3.8) is 0 Å². The zero-order chi connectivity index (χ0) is 21.6. The van der Waals surface area contributed by atoms with Gasteiger partial charge in [0.25, 0.3) is 5.56 Å². The highest BCUT2D eigenvalue weighted by Crippen LogP contribution is 2.42.